The number of hydrogen-bond acceptors (Lipinski definition) is 2. The summed E-state index contributed by atoms with van der Waals surface area (Å²) in [6.45, 7) is 8.40. The molecular formula is C15H23NO2. The van der Waals surface area contributed by atoms with E-state index >= 15 is 0 Å². The summed E-state index contributed by atoms with van der Waals surface area (Å²) in [7, 11) is 0. The molecule has 1 aromatic carbocycles. The molecule has 2 N–H and O–H groups in total. The third-order valence-electron chi connectivity index (χ3n) is 3.29. The number of carbonyl (C=O) groups is 1. The number of rotatable bonds is 5. The zero-order chi connectivity index (χ0) is 13.7. The molecule has 0 bridgehead atoms. The first-order valence-corrected chi connectivity index (χ1v) is 6.40. The Bertz CT molecular complexity index is 413. The van der Waals surface area contributed by atoms with Gasteiger partial charge < -0.3 is 10.4 Å². The topological polar surface area (TPSA) is 49.3 Å². The van der Waals surface area contributed by atoms with Crippen LogP contribution in [0.4, 0.5) is 0 Å². The van der Waals surface area contributed by atoms with E-state index in [1.807, 2.05) is 32.9 Å². The average Bonchev–Trinajstić information content (AvgIpc) is 2.28. The Morgan fingerprint density at radius 3 is 2.50 bits per heavy atom. The summed E-state index contributed by atoms with van der Waals surface area (Å²) in [6, 6.07) is 6.18. The molecule has 0 spiro atoms. The molecule has 0 aliphatic rings. The summed E-state index contributed by atoms with van der Waals surface area (Å²) in [4.78, 5) is 11.9. The van der Waals surface area contributed by atoms with E-state index in [0.717, 1.165) is 5.56 Å². The minimum absolute atomic E-state index is 0.0764. The zero-order valence-electron chi connectivity index (χ0n) is 11.7. The maximum Gasteiger partial charge on any atom is 0.225 e. The molecule has 1 unspecified atom stereocenters. The van der Waals surface area contributed by atoms with Gasteiger partial charge in [0.1, 0.15) is 0 Å². The highest BCUT2D eigenvalue weighted by atomic mass is 16.3. The number of aryl methyl sites for hydroxylation is 2. The summed E-state index contributed by atoms with van der Waals surface area (Å²) in [6.07, 6.45) is 0. The van der Waals surface area contributed by atoms with E-state index in [4.69, 9.17) is 0 Å². The fourth-order valence-corrected chi connectivity index (χ4v) is 1.95. The second-order valence-corrected chi connectivity index (χ2v) is 5.18. The Morgan fingerprint density at radius 2 is 2.00 bits per heavy atom. The van der Waals surface area contributed by atoms with Gasteiger partial charge in [-0.05, 0) is 30.9 Å². The van der Waals surface area contributed by atoms with Crippen LogP contribution in [0.2, 0.25) is 0 Å². The van der Waals surface area contributed by atoms with Crippen LogP contribution in [0.25, 0.3) is 0 Å². The summed E-state index contributed by atoms with van der Waals surface area (Å²) >= 11 is 0. The minimum atomic E-state index is -0.323. The quantitative estimate of drug-likeness (QED) is 0.840. The van der Waals surface area contributed by atoms with Crippen LogP contribution in [0.15, 0.2) is 18.2 Å². The summed E-state index contributed by atoms with van der Waals surface area (Å²) in [5.74, 6) is -0.252. The number of carbonyl (C=O) groups excluding carboxylic acids is 1. The maximum atomic E-state index is 11.9. The number of aliphatic hydroxyl groups is 1. The Balaban J connectivity index is 2.62. The third-order valence-corrected chi connectivity index (χ3v) is 3.29. The predicted octanol–water partition coefficient (Wildman–Crippen LogP) is 2.18. The van der Waals surface area contributed by atoms with Crippen LogP contribution in [-0.4, -0.2) is 17.6 Å². The van der Waals surface area contributed by atoms with Crippen molar-refractivity contribution in [2.45, 2.75) is 34.2 Å². The molecule has 1 amide bonds. The number of aliphatic hydroxyl groups excluding tert-OH is 1. The van der Waals surface area contributed by atoms with E-state index in [1.54, 1.807) is 0 Å². The van der Waals surface area contributed by atoms with Gasteiger partial charge in [-0.2, -0.15) is 0 Å². The fourth-order valence-electron chi connectivity index (χ4n) is 1.95. The van der Waals surface area contributed by atoms with Crippen molar-refractivity contribution in [3.05, 3.63) is 34.9 Å². The number of hydrogen-bond donors (Lipinski definition) is 2. The van der Waals surface area contributed by atoms with Gasteiger partial charge in [0.25, 0.3) is 0 Å². The highest BCUT2D eigenvalue weighted by Gasteiger charge is 2.20. The van der Waals surface area contributed by atoms with Crippen LogP contribution in [0.5, 0.6) is 0 Å². The molecule has 18 heavy (non-hydrogen) atoms. The van der Waals surface area contributed by atoms with E-state index in [9.17, 15) is 9.90 Å². The van der Waals surface area contributed by atoms with E-state index < -0.39 is 0 Å². The molecule has 0 saturated carbocycles. The molecule has 0 aliphatic carbocycles. The van der Waals surface area contributed by atoms with Crippen LogP contribution in [-0.2, 0) is 11.3 Å². The van der Waals surface area contributed by atoms with Gasteiger partial charge in [-0.25, -0.2) is 0 Å². The number of nitrogens with one attached hydrogen (secondary N) is 1. The molecule has 0 heterocycles. The van der Waals surface area contributed by atoms with E-state index in [0.29, 0.717) is 6.54 Å². The summed E-state index contributed by atoms with van der Waals surface area (Å²) in [5, 5.41) is 12.1. The lowest BCUT2D eigenvalue weighted by Crippen LogP contribution is -2.35. The molecule has 3 nitrogen and oxygen atoms in total. The molecule has 3 heteroatoms. The van der Waals surface area contributed by atoms with E-state index in [1.165, 1.54) is 11.1 Å². The van der Waals surface area contributed by atoms with Crippen molar-refractivity contribution >= 4 is 5.91 Å². The van der Waals surface area contributed by atoms with Crippen molar-refractivity contribution in [1.29, 1.82) is 0 Å². The van der Waals surface area contributed by atoms with Gasteiger partial charge in [0.05, 0.1) is 12.5 Å². The second kappa shape index (κ2) is 6.55. The predicted molar refractivity (Wildman–Crippen MR) is 73.2 cm³/mol. The molecule has 1 rings (SSSR count). The lowest BCUT2D eigenvalue weighted by Gasteiger charge is -2.18. The molecule has 1 aromatic rings. The van der Waals surface area contributed by atoms with Crippen LogP contribution in [0.1, 0.15) is 30.5 Å². The van der Waals surface area contributed by atoms with Gasteiger partial charge in [-0.15, -0.1) is 0 Å². The van der Waals surface area contributed by atoms with Crippen molar-refractivity contribution in [3.63, 3.8) is 0 Å². The third kappa shape index (κ3) is 3.84. The lowest BCUT2D eigenvalue weighted by atomic mass is 9.96. The Kier molecular flexibility index (Phi) is 5.35. The largest absolute Gasteiger partial charge is 0.396 e. The number of amides is 1. The lowest BCUT2D eigenvalue weighted by molar-refractivity contribution is -0.127. The highest BCUT2D eigenvalue weighted by Crippen LogP contribution is 2.12. The van der Waals surface area contributed by atoms with Crippen LogP contribution in [0, 0.1) is 25.7 Å². The van der Waals surface area contributed by atoms with Gasteiger partial charge in [0, 0.05) is 6.54 Å². The zero-order valence-corrected chi connectivity index (χ0v) is 11.7. The van der Waals surface area contributed by atoms with Gasteiger partial charge in [-0.3, -0.25) is 4.79 Å². The molecule has 1 atom stereocenters. The van der Waals surface area contributed by atoms with Gasteiger partial charge >= 0.3 is 0 Å². The molecule has 0 aromatic heterocycles. The fraction of sp³-hybridized carbons (Fsp3) is 0.533. The molecule has 100 valence electrons. The molecule has 0 radical (unpaired) electrons. The smallest absolute Gasteiger partial charge is 0.225 e. The standard InChI is InChI=1S/C15H23NO2/c1-10(2)14(9-17)15(18)16-8-13-6-5-11(3)7-12(13)4/h5-7,10,14,17H,8-9H2,1-4H3,(H,16,18). The normalized spacial score (nSPS) is 12.6. The van der Waals surface area contributed by atoms with Crippen molar-refractivity contribution in [2.75, 3.05) is 6.61 Å². The molecule has 0 saturated heterocycles. The number of benzene rings is 1. The van der Waals surface area contributed by atoms with Crippen molar-refractivity contribution in [3.8, 4) is 0 Å². The summed E-state index contributed by atoms with van der Waals surface area (Å²) in [5.41, 5.74) is 3.52. The van der Waals surface area contributed by atoms with E-state index in [-0.39, 0.29) is 24.3 Å². The van der Waals surface area contributed by atoms with E-state index in [2.05, 4.69) is 18.3 Å². The highest BCUT2D eigenvalue weighted by molar-refractivity contribution is 5.79. The Morgan fingerprint density at radius 1 is 1.33 bits per heavy atom. The average molecular weight is 249 g/mol. The van der Waals surface area contributed by atoms with Gasteiger partial charge in [0.2, 0.25) is 5.91 Å². The Labute approximate surface area is 109 Å². The minimum Gasteiger partial charge on any atom is -0.396 e. The molecule has 0 fully saturated rings. The SMILES string of the molecule is Cc1ccc(CNC(=O)C(CO)C(C)C)c(C)c1. The van der Waals surface area contributed by atoms with Gasteiger partial charge in [-0.1, -0.05) is 37.6 Å². The van der Waals surface area contributed by atoms with Gasteiger partial charge in [0.15, 0.2) is 0 Å². The first kappa shape index (κ1) is 14.7. The summed E-state index contributed by atoms with van der Waals surface area (Å²) < 4.78 is 0. The first-order valence-electron chi connectivity index (χ1n) is 6.40. The molecule has 0 aliphatic heterocycles. The van der Waals surface area contributed by atoms with Crippen LogP contribution < -0.4 is 5.32 Å². The monoisotopic (exact) mass is 249 g/mol. The van der Waals surface area contributed by atoms with Crippen molar-refractivity contribution in [2.24, 2.45) is 11.8 Å². The van der Waals surface area contributed by atoms with Crippen molar-refractivity contribution < 1.29 is 9.90 Å². The maximum absolute atomic E-state index is 11.9. The first-order chi connectivity index (χ1) is 8.45. The van der Waals surface area contributed by atoms with Crippen LogP contribution in [0.3, 0.4) is 0 Å². The van der Waals surface area contributed by atoms with Crippen LogP contribution >= 0.6 is 0 Å². The second-order valence-electron chi connectivity index (χ2n) is 5.18. The Hall–Kier alpha value is -1.35. The van der Waals surface area contributed by atoms with Crippen molar-refractivity contribution in [1.82, 2.24) is 5.32 Å². The molecular weight excluding hydrogens is 226 g/mol.